The number of rotatable bonds is 4. The van der Waals surface area contributed by atoms with E-state index in [1.54, 1.807) is 20.1 Å². The van der Waals surface area contributed by atoms with Crippen molar-refractivity contribution in [1.29, 1.82) is 0 Å². The van der Waals surface area contributed by atoms with E-state index in [1.165, 1.54) is 6.08 Å². The second kappa shape index (κ2) is 6.33. The van der Waals surface area contributed by atoms with Crippen LogP contribution < -0.4 is 4.74 Å². The quantitative estimate of drug-likeness (QED) is 0.630. The molecule has 0 atom stereocenters. The summed E-state index contributed by atoms with van der Waals surface area (Å²) in [5.41, 5.74) is 0.897. The monoisotopic (exact) mass is 284 g/mol. The second-order valence-electron chi connectivity index (χ2n) is 2.97. The fraction of sp³-hybridized carbons (Fsp3) is 0.250. The molecule has 0 radical (unpaired) electrons. The third-order valence-electron chi connectivity index (χ3n) is 1.89. The fourth-order valence-electron chi connectivity index (χ4n) is 1.12. The summed E-state index contributed by atoms with van der Waals surface area (Å²) in [6, 6.07) is 5.53. The number of hydrogen-bond acceptors (Lipinski definition) is 3. The van der Waals surface area contributed by atoms with E-state index in [0.29, 0.717) is 6.61 Å². The first-order chi connectivity index (χ1) is 7.67. The normalized spacial score (nSPS) is 10.4. The smallest absolute Gasteiger partial charge is 0.330 e. The summed E-state index contributed by atoms with van der Waals surface area (Å²) < 4.78 is 10.7. The lowest BCUT2D eigenvalue weighted by atomic mass is 10.2. The number of carbonyl (C=O) groups is 1. The lowest BCUT2D eigenvalue weighted by Crippen LogP contribution is -1.98. The molecule has 0 aromatic heterocycles. The first kappa shape index (κ1) is 12.8. The Hall–Kier alpha value is -1.29. The van der Waals surface area contributed by atoms with Crippen LogP contribution in [-0.2, 0) is 9.53 Å². The number of halogens is 1. The molecular weight excluding hydrogens is 272 g/mol. The van der Waals surface area contributed by atoms with E-state index in [9.17, 15) is 4.79 Å². The average Bonchev–Trinajstić information content (AvgIpc) is 2.27. The molecule has 0 saturated carbocycles. The summed E-state index contributed by atoms with van der Waals surface area (Å²) in [7, 11) is 1.61. The van der Waals surface area contributed by atoms with E-state index >= 15 is 0 Å². The standard InChI is InChI=1S/C12H13BrO3/c1-3-16-12(14)7-5-9-4-6-10(15-2)8-11(9)13/h4-8H,3H2,1-2H3/b7-5-. The van der Waals surface area contributed by atoms with Gasteiger partial charge in [-0.15, -0.1) is 0 Å². The van der Waals surface area contributed by atoms with Crippen LogP contribution in [0, 0.1) is 0 Å². The number of carbonyl (C=O) groups excluding carboxylic acids is 1. The summed E-state index contributed by atoms with van der Waals surface area (Å²) in [5.74, 6) is 0.422. The minimum atomic E-state index is -0.342. The van der Waals surface area contributed by atoms with E-state index in [-0.39, 0.29) is 5.97 Å². The maximum absolute atomic E-state index is 11.1. The molecule has 0 unspecified atom stereocenters. The summed E-state index contributed by atoms with van der Waals surface area (Å²) in [6.45, 7) is 2.15. The van der Waals surface area contributed by atoms with Crippen molar-refractivity contribution in [3.8, 4) is 5.75 Å². The molecule has 16 heavy (non-hydrogen) atoms. The Morgan fingerprint density at radius 1 is 1.50 bits per heavy atom. The van der Waals surface area contributed by atoms with Gasteiger partial charge < -0.3 is 9.47 Å². The molecule has 0 aliphatic rings. The van der Waals surface area contributed by atoms with Crippen LogP contribution >= 0.6 is 15.9 Å². The number of benzene rings is 1. The summed E-state index contributed by atoms with van der Waals surface area (Å²) in [4.78, 5) is 11.1. The van der Waals surface area contributed by atoms with Crippen molar-refractivity contribution in [3.05, 3.63) is 34.3 Å². The molecule has 0 spiro atoms. The number of ether oxygens (including phenoxy) is 2. The Morgan fingerprint density at radius 3 is 2.81 bits per heavy atom. The molecule has 0 aliphatic carbocycles. The van der Waals surface area contributed by atoms with E-state index < -0.39 is 0 Å². The number of hydrogen-bond donors (Lipinski definition) is 0. The molecule has 0 bridgehead atoms. The first-order valence-corrected chi connectivity index (χ1v) is 5.65. The van der Waals surface area contributed by atoms with Gasteiger partial charge in [0.25, 0.3) is 0 Å². The molecule has 0 fully saturated rings. The van der Waals surface area contributed by atoms with Crippen LogP contribution in [0.4, 0.5) is 0 Å². The highest BCUT2D eigenvalue weighted by Gasteiger charge is 2.00. The van der Waals surface area contributed by atoms with Crippen LogP contribution in [0.3, 0.4) is 0 Å². The topological polar surface area (TPSA) is 35.5 Å². The molecular formula is C12H13BrO3. The van der Waals surface area contributed by atoms with E-state index in [1.807, 2.05) is 18.2 Å². The number of esters is 1. The van der Waals surface area contributed by atoms with Crippen molar-refractivity contribution in [2.45, 2.75) is 6.92 Å². The SMILES string of the molecule is CCOC(=O)/C=C\c1ccc(OC)cc1Br. The summed E-state index contributed by atoms with van der Waals surface area (Å²) in [5, 5.41) is 0. The zero-order valence-corrected chi connectivity index (χ0v) is 10.8. The van der Waals surface area contributed by atoms with Crippen molar-refractivity contribution in [2.24, 2.45) is 0 Å². The van der Waals surface area contributed by atoms with Gasteiger partial charge in [0.2, 0.25) is 0 Å². The van der Waals surface area contributed by atoms with E-state index in [4.69, 9.17) is 9.47 Å². The maximum Gasteiger partial charge on any atom is 0.330 e. The average molecular weight is 285 g/mol. The lowest BCUT2D eigenvalue weighted by Gasteiger charge is -2.02. The Balaban J connectivity index is 2.78. The molecule has 0 N–H and O–H groups in total. The Kier molecular flexibility index (Phi) is 5.05. The van der Waals surface area contributed by atoms with Crippen molar-refractivity contribution in [3.63, 3.8) is 0 Å². The minimum absolute atomic E-state index is 0.342. The van der Waals surface area contributed by atoms with Gasteiger partial charge in [-0.1, -0.05) is 22.0 Å². The lowest BCUT2D eigenvalue weighted by molar-refractivity contribution is -0.137. The Labute approximate surface area is 103 Å². The molecule has 1 aromatic rings. The van der Waals surface area contributed by atoms with Gasteiger partial charge in [0, 0.05) is 10.5 Å². The van der Waals surface area contributed by atoms with Gasteiger partial charge in [0.1, 0.15) is 5.75 Å². The van der Waals surface area contributed by atoms with E-state index in [0.717, 1.165) is 15.8 Å². The molecule has 1 aromatic carbocycles. The largest absolute Gasteiger partial charge is 0.497 e. The molecule has 0 aliphatic heterocycles. The van der Waals surface area contributed by atoms with Gasteiger partial charge in [0.05, 0.1) is 13.7 Å². The molecule has 86 valence electrons. The van der Waals surface area contributed by atoms with Crippen LogP contribution in [0.15, 0.2) is 28.7 Å². The predicted molar refractivity (Wildman–Crippen MR) is 66.4 cm³/mol. The first-order valence-electron chi connectivity index (χ1n) is 4.85. The Morgan fingerprint density at radius 2 is 2.25 bits per heavy atom. The van der Waals surface area contributed by atoms with E-state index in [2.05, 4.69) is 15.9 Å². The van der Waals surface area contributed by atoms with Crippen molar-refractivity contribution in [2.75, 3.05) is 13.7 Å². The van der Waals surface area contributed by atoms with Crippen LogP contribution in [0.1, 0.15) is 12.5 Å². The Bertz CT molecular complexity index is 399. The van der Waals surface area contributed by atoms with Gasteiger partial charge in [-0.05, 0) is 30.7 Å². The summed E-state index contributed by atoms with van der Waals surface area (Å²) in [6.07, 6.45) is 3.09. The highest BCUT2D eigenvalue weighted by Crippen LogP contribution is 2.23. The molecule has 0 saturated heterocycles. The highest BCUT2D eigenvalue weighted by atomic mass is 79.9. The van der Waals surface area contributed by atoms with Crippen molar-refractivity contribution in [1.82, 2.24) is 0 Å². The maximum atomic E-state index is 11.1. The van der Waals surface area contributed by atoms with Crippen molar-refractivity contribution >= 4 is 28.0 Å². The molecule has 1 rings (SSSR count). The van der Waals surface area contributed by atoms with Gasteiger partial charge in [-0.25, -0.2) is 4.79 Å². The van der Waals surface area contributed by atoms with Crippen LogP contribution in [-0.4, -0.2) is 19.7 Å². The predicted octanol–water partition coefficient (Wildman–Crippen LogP) is 3.03. The minimum Gasteiger partial charge on any atom is -0.497 e. The van der Waals surface area contributed by atoms with Gasteiger partial charge in [-0.3, -0.25) is 0 Å². The molecule has 4 heteroatoms. The van der Waals surface area contributed by atoms with Gasteiger partial charge >= 0.3 is 5.97 Å². The van der Waals surface area contributed by atoms with Gasteiger partial charge in [-0.2, -0.15) is 0 Å². The number of methoxy groups -OCH3 is 1. The molecule has 3 nitrogen and oxygen atoms in total. The fourth-order valence-corrected chi connectivity index (χ4v) is 1.61. The molecule has 0 amide bonds. The second-order valence-corrected chi connectivity index (χ2v) is 3.83. The van der Waals surface area contributed by atoms with Crippen LogP contribution in [0.25, 0.3) is 6.08 Å². The third kappa shape index (κ3) is 3.70. The zero-order valence-electron chi connectivity index (χ0n) is 9.20. The van der Waals surface area contributed by atoms with Crippen LogP contribution in [0.5, 0.6) is 5.75 Å². The highest BCUT2D eigenvalue weighted by molar-refractivity contribution is 9.10. The van der Waals surface area contributed by atoms with Crippen molar-refractivity contribution < 1.29 is 14.3 Å². The molecule has 0 heterocycles. The van der Waals surface area contributed by atoms with Gasteiger partial charge in [0.15, 0.2) is 0 Å². The van der Waals surface area contributed by atoms with Crippen LogP contribution in [0.2, 0.25) is 0 Å². The third-order valence-corrected chi connectivity index (χ3v) is 2.58. The summed E-state index contributed by atoms with van der Waals surface area (Å²) >= 11 is 3.39. The zero-order chi connectivity index (χ0) is 12.0.